The quantitative estimate of drug-likeness (QED) is 0.381. The van der Waals surface area contributed by atoms with Crippen molar-refractivity contribution in [3.05, 3.63) is 65.2 Å². The van der Waals surface area contributed by atoms with E-state index >= 15 is 0 Å². The molecule has 5 rings (SSSR count). The van der Waals surface area contributed by atoms with E-state index in [4.69, 9.17) is 4.42 Å². The Morgan fingerprint density at radius 1 is 1.26 bits per heavy atom. The lowest BCUT2D eigenvalue weighted by Crippen LogP contribution is -2.14. The highest BCUT2D eigenvalue weighted by Crippen LogP contribution is 2.40. The second kappa shape index (κ2) is 8.68. The van der Waals surface area contributed by atoms with E-state index in [1.807, 2.05) is 29.6 Å². The number of thioether (sulfide) groups is 1. The number of benzene rings is 1. The van der Waals surface area contributed by atoms with E-state index < -0.39 is 0 Å². The van der Waals surface area contributed by atoms with Gasteiger partial charge in [-0.1, -0.05) is 41.6 Å². The predicted molar refractivity (Wildman–Crippen MR) is 121 cm³/mol. The first kappa shape index (κ1) is 20.0. The summed E-state index contributed by atoms with van der Waals surface area (Å²) in [7, 11) is 0. The number of carbonyl (C=O) groups excluding carboxylic acids is 1. The lowest BCUT2D eigenvalue weighted by atomic mass is 10.1. The largest absolute Gasteiger partial charge is 0.467 e. The molecule has 1 amide bonds. The van der Waals surface area contributed by atoms with Gasteiger partial charge in [0.1, 0.15) is 11.6 Å². The standard InChI is InChI=1S/C22H21N5O2S2/c1-14-4-6-15(7-5-14)18-12-30-21(23-18)24-19(28)13-31-22-26-25-20(16-8-9-16)27(22)11-17-3-2-10-29-17/h2-7,10,12,16H,8-9,11,13H2,1H3,(H,23,24,28). The zero-order valence-corrected chi connectivity index (χ0v) is 18.6. The van der Waals surface area contributed by atoms with Gasteiger partial charge >= 0.3 is 0 Å². The molecule has 0 atom stereocenters. The van der Waals surface area contributed by atoms with Crippen LogP contribution in [0.15, 0.2) is 57.6 Å². The number of carbonyl (C=O) groups is 1. The van der Waals surface area contributed by atoms with E-state index in [2.05, 4.69) is 44.1 Å². The van der Waals surface area contributed by atoms with Crippen molar-refractivity contribution in [1.82, 2.24) is 19.7 Å². The molecule has 3 heterocycles. The molecule has 1 aliphatic carbocycles. The van der Waals surface area contributed by atoms with Crippen molar-refractivity contribution in [2.75, 3.05) is 11.1 Å². The third kappa shape index (κ3) is 4.72. The Labute approximate surface area is 187 Å². The summed E-state index contributed by atoms with van der Waals surface area (Å²) in [5.41, 5.74) is 3.10. The van der Waals surface area contributed by atoms with Gasteiger partial charge in [-0.15, -0.1) is 21.5 Å². The minimum atomic E-state index is -0.115. The Kier molecular flexibility index (Phi) is 5.61. The van der Waals surface area contributed by atoms with Crippen molar-refractivity contribution in [3.63, 3.8) is 0 Å². The number of rotatable bonds is 8. The van der Waals surface area contributed by atoms with Crippen LogP contribution in [0.5, 0.6) is 0 Å². The molecule has 31 heavy (non-hydrogen) atoms. The number of amides is 1. The SMILES string of the molecule is Cc1ccc(-c2csc(NC(=O)CSc3nnc(C4CC4)n3Cc3ccco3)n2)cc1. The molecule has 7 nitrogen and oxygen atoms in total. The van der Waals surface area contributed by atoms with Crippen molar-refractivity contribution in [2.45, 2.75) is 37.4 Å². The van der Waals surface area contributed by atoms with Gasteiger partial charge in [-0.05, 0) is 31.9 Å². The Balaban J connectivity index is 1.22. The van der Waals surface area contributed by atoms with E-state index in [9.17, 15) is 4.79 Å². The Morgan fingerprint density at radius 2 is 2.10 bits per heavy atom. The molecule has 1 fully saturated rings. The van der Waals surface area contributed by atoms with Crippen LogP contribution in [0.4, 0.5) is 5.13 Å². The maximum atomic E-state index is 12.5. The minimum Gasteiger partial charge on any atom is -0.467 e. The number of aromatic nitrogens is 4. The second-order valence-corrected chi connectivity index (χ2v) is 9.32. The van der Waals surface area contributed by atoms with Crippen LogP contribution in [-0.2, 0) is 11.3 Å². The van der Waals surface area contributed by atoms with Crippen molar-refractivity contribution in [1.29, 1.82) is 0 Å². The maximum Gasteiger partial charge on any atom is 0.236 e. The van der Waals surface area contributed by atoms with E-state index in [0.29, 0.717) is 17.6 Å². The normalized spacial score (nSPS) is 13.5. The summed E-state index contributed by atoms with van der Waals surface area (Å²) < 4.78 is 7.56. The van der Waals surface area contributed by atoms with Gasteiger partial charge in [-0.3, -0.25) is 9.36 Å². The molecular weight excluding hydrogens is 430 g/mol. The number of thiazole rings is 1. The predicted octanol–water partition coefficient (Wildman–Crippen LogP) is 4.96. The highest BCUT2D eigenvalue weighted by molar-refractivity contribution is 7.99. The lowest BCUT2D eigenvalue weighted by molar-refractivity contribution is -0.113. The summed E-state index contributed by atoms with van der Waals surface area (Å²) in [6, 6.07) is 12.0. The van der Waals surface area contributed by atoms with Gasteiger partial charge in [-0.2, -0.15) is 0 Å². The number of hydrogen-bond donors (Lipinski definition) is 1. The van der Waals surface area contributed by atoms with Crippen LogP contribution in [0, 0.1) is 6.92 Å². The summed E-state index contributed by atoms with van der Waals surface area (Å²) in [6.07, 6.45) is 3.93. The van der Waals surface area contributed by atoms with E-state index in [-0.39, 0.29) is 11.7 Å². The fraction of sp³-hybridized carbons (Fsp3) is 0.273. The number of nitrogens with zero attached hydrogens (tertiary/aromatic N) is 4. The Hall–Kier alpha value is -2.91. The molecule has 0 bridgehead atoms. The third-order valence-electron chi connectivity index (χ3n) is 5.01. The third-order valence-corrected chi connectivity index (χ3v) is 6.74. The van der Waals surface area contributed by atoms with E-state index in [0.717, 1.165) is 40.8 Å². The summed E-state index contributed by atoms with van der Waals surface area (Å²) >= 11 is 2.80. The van der Waals surface area contributed by atoms with Gasteiger partial charge < -0.3 is 9.73 Å². The van der Waals surface area contributed by atoms with Gasteiger partial charge in [0, 0.05) is 16.9 Å². The monoisotopic (exact) mass is 451 g/mol. The van der Waals surface area contributed by atoms with Gasteiger partial charge in [-0.25, -0.2) is 4.98 Å². The maximum absolute atomic E-state index is 12.5. The Bertz CT molecular complexity index is 1180. The number of aryl methyl sites for hydroxylation is 1. The molecule has 3 aromatic heterocycles. The topological polar surface area (TPSA) is 85.8 Å². The first-order chi connectivity index (χ1) is 15.2. The van der Waals surface area contributed by atoms with Crippen LogP contribution in [0.3, 0.4) is 0 Å². The highest BCUT2D eigenvalue weighted by atomic mass is 32.2. The molecule has 0 spiro atoms. The van der Waals surface area contributed by atoms with Crippen LogP contribution >= 0.6 is 23.1 Å². The number of anilines is 1. The van der Waals surface area contributed by atoms with Crippen molar-refractivity contribution < 1.29 is 9.21 Å². The van der Waals surface area contributed by atoms with Crippen LogP contribution in [0.2, 0.25) is 0 Å². The first-order valence-corrected chi connectivity index (χ1v) is 11.9. The molecule has 1 saturated carbocycles. The van der Waals surface area contributed by atoms with Gasteiger partial charge in [0.15, 0.2) is 10.3 Å². The summed E-state index contributed by atoms with van der Waals surface area (Å²) in [5, 5.41) is 14.9. The van der Waals surface area contributed by atoms with Gasteiger partial charge in [0.2, 0.25) is 5.91 Å². The number of furan rings is 1. The zero-order valence-electron chi connectivity index (χ0n) is 16.9. The minimum absolute atomic E-state index is 0.115. The molecule has 9 heteroatoms. The fourth-order valence-electron chi connectivity index (χ4n) is 3.23. The molecule has 1 aromatic carbocycles. The average Bonchev–Trinajstić information content (AvgIpc) is 3.15. The van der Waals surface area contributed by atoms with Crippen LogP contribution < -0.4 is 5.32 Å². The van der Waals surface area contributed by atoms with Crippen LogP contribution in [-0.4, -0.2) is 31.4 Å². The number of nitrogens with one attached hydrogen (secondary N) is 1. The van der Waals surface area contributed by atoms with Crippen molar-refractivity contribution in [2.24, 2.45) is 0 Å². The zero-order chi connectivity index (χ0) is 21.2. The average molecular weight is 452 g/mol. The summed E-state index contributed by atoms with van der Waals surface area (Å²) in [6.45, 7) is 2.62. The fourth-order valence-corrected chi connectivity index (χ4v) is 4.71. The van der Waals surface area contributed by atoms with E-state index in [1.165, 1.54) is 28.7 Å². The van der Waals surface area contributed by atoms with Gasteiger partial charge in [0.25, 0.3) is 0 Å². The van der Waals surface area contributed by atoms with Crippen LogP contribution in [0.1, 0.15) is 35.9 Å². The smallest absolute Gasteiger partial charge is 0.236 e. The second-order valence-electron chi connectivity index (χ2n) is 7.52. The molecular formula is C22H21N5O2S2. The summed E-state index contributed by atoms with van der Waals surface area (Å²) in [4.78, 5) is 17.1. The van der Waals surface area contributed by atoms with Crippen LogP contribution in [0.25, 0.3) is 11.3 Å². The van der Waals surface area contributed by atoms with Gasteiger partial charge in [0.05, 0.1) is 24.3 Å². The lowest BCUT2D eigenvalue weighted by Gasteiger charge is -2.08. The Morgan fingerprint density at radius 3 is 2.84 bits per heavy atom. The van der Waals surface area contributed by atoms with E-state index in [1.54, 1.807) is 6.26 Å². The highest BCUT2D eigenvalue weighted by Gasteiger charge is 2.30. The van der Waals surface area contributed by atoms with Crippen molar-refractivity contribution in [3.8, 4) is 11.3 Å². The molecule has 0 aliphatic heterocycles. The summed E-state index contributed by atoms with van der Waals surface area (Å²) in [5.74, 6) is 2.40. The van der Waals surface area contributed by atoms with Crippen molar-refractivity contribution >= 4 is 34.1 Å². The molecule has 4 aromatic rings. The molecule has 0 radical (unpaired) electrons. The molecule has 0 saturated heterocycles. The first-order valence-electron chi connectivity index (χ1n) is 10.1. The molecule has 0 unspecified atom stereocenters. The number of hydrogen-bond acceptors (Lipinski definition) is 7. The molecule has 158 valence electrons. The molecule has 1 N–H and O–H groups in total. The molecule has 1 aliphatic rings.